The third kappa shape index (κ3) is 2.85. The van der Waals surface area contributed by atoms with E-state index in [-0.39, 0.29) is 12.5 Å². The fourth-order valence-corrected chi connectivity index (χ4v) is 2.48. The van der Waals surface area contributed by atoms with E-state index >= 15 is 0 Å². The van der Waals surface area contributed by atoms with Crippen molar-refractivity contribution in [1.29, 1.82) is 0 Å². The number of para-hydroxylation sites is 1. The number of benzene rings is 1. The lowest BCUT2D eigenvalue weighted by Crippen LogP contribution is -2.23. The largest absolute Gasteiger partial charge is 0.346 e. The highest BCUT2D eigenvalue weighted by atomic mass is 16.6. The molecular formula is C17H14N6O2. The molecule has 3 heterocycles. The van der Waals surface area contributed by atoms with Gasteiger partial charge in [0.15, 0.2) is 5.65 Å². The molecule has 0 spiro atoms. The molecule has 1 amide bonds. The van der Waals surface area contributed by atoms with Crippen LogP contribution in [-0.4, -0.2) is 30.8 Å². The van der Waals surface area contributed by atoms with Crippen LogP contribution in [0.4, 0.5) is 0 Å². The SMILES string of the molecule is Cc1nonc1CNC(=O)c1cnc2c(c1)ncn2-c1ccccc1. The average molecular weight is 334 g/mol. The lowest BCUT2D eigenvalue weighted by atomic mass is 10.2. The molecule has 3 aromatic heterocycles. The summed E-state index contributed by atoms with van der Waals surface area (Å²) < 4.78 is 6.49. The first kappa shape index (κ1) is 15.0. The minimum atomic E-state index is -0.258. The first-order valence-electron chi connectivity index (χ1n) is 7.67. The monoisotopic (exact) mass is 334 g/mol. The maximum atomic E-state index is 12.3. The van der Waals surface area contributed by atoms with Gasteiger partial charge in [0, 0.05) is 11.9 Å². The molecule has 0 saturated carbocycles. The van der Waals surface area contributed by atoms with E-state index in [1.807, 2.05) is 34.9 Å². The number of aryl methyl sites for hydroxylation is 1. The second kappa shape index (κ2) is 6.16. The summed E-state index contributed by atoms with van der Waals surface area (Å²) in [5.41, 5.74) is 3.98. The number of carbonyl (C=O) groups excluding carboxylic acids is 1. The predicted molar refractivity (Wildman–Crippen MR) is 89.1 cm³/mol. The number of imidazole rings is 1. The van der Waals surface area contributed by atoms with Crippen LogP contribution in [-0.2, 0) is 6.54 Å². The molecule has 0 unspecified atom stereocenters. The molecule has 1 N–H and O–H groups in total. The van der Waals surface area contributed by atoms with E-state index in [1.54, 1.807) is 19.3 Å². The van der Waals surface area contributed by atoms with Crippen LogP contribution in [0.1, 0.15) is 21.7 Å². The lowest BCUT2D eigenvalue weighted by Gasteiger charge is -2.05. The molecule has 0 aliphatic heterocycles. The van der Waals surface area contributed by atoms with Gasteiger partial charge in [0.2, 0.25) is 0 Å². The van der Waals surface area contributed by atoms with E-state index in [0.717, 1.165) is 5.69 Å². The number of hydrogen-bond acceptors (Lipinski definition) is 6. The van der Waals surface area contributed by atoms with E-state index in [4.69, 9.17) is 0 Å². The Bertz CT molecular complexity index is 1040. The average Bonchev–Trinajstić information content (AvgIpc) is 3.25. The molecule has 1 aromatic carbocycles. The molecule has 0 aliphatic rings. The molecule has 0 fully saturated rings. The molecule has 8 nitrogen and oxygen atoms in total. The highest BCUT2D eigenvalue weighted by Crippen LogP contribution is 2.17. The third-order valence-electron chi connectivity index (χ3n) is 3.85. The maximum Gasteiger partial charge on any atom is 0.253 e. The highest BCUT2D eigenvalue weighted by Gasteiger charge is 2.13. The van der Waals surface area contributed by atoms with Gasteiger partial charge in [-0.1, -0.05) is 28.5 Å². The molecule has 0 bridgehead atoms. The number of nitrogens with one attached hydrogen (secondary N) is 1. The van der Waals surface area contributed by atoms with Crippen molar-refractivity contribution in [2.45, 2.75) is 13.5 Å². The van der Waals surface area contributed by atoms with Gasteiger partial charge in [0.1, 0.15) is 23.2 Å². The zero-order valence-electron chi connectivity index (χ0n) is 13.4. The molecule has 0 saturated heterocycles. The molecule has 4 aromatic rings. The smallest absolute Gasteiger partial charge is 0.253 e. The fourth-order valence-electron chi connectivity index (χ4n) is 2.48. The fraction of sp³-hybridized carbons (Fsp3) is 0.118. The van der Waals surface area contributed by atoms with E-state index in [9.17, 15) is 4.79 Å². The number of amides is 1. The second-order valence-electron chi connectivity index (χ2n) is 5.50. The number of aromatic nitrogens is 5. The van der Waals surface area contributed by atoms with E-state index in [1.165, 1.54) is 6.20 Å². The van der Waals surface area contributed by atoms with Gasteiger partial charge in [-0.05, 0) is 25.1 Å². The van der Waals surface area contributed by atoms with Crippen LogP contribution in [0.2, 0.25) is 0 Å². The minimum absolute atomic E-state index is 0.241. The first-order chi connectivity index (χ1) is 12.2. The second-order valence-corrected chi connectivity index (χ2v) is 5.50. The van der Waals surface area contributed by atoms with Crippen LogP contribution in [0, 0.1) is 6.92 Å². The third-order valence-corrected chi connectivity index (χ3v) is 3.85. The van der Waals surface area contributed by atoms with Crippen LogP contribution < -0.4 is 5.32 Å². The summed E-state index contributed by atoms with van der Waals surface area (Å²) in [7, 11) is 0. The highest BCUT2D eigenvalue weighted by molar-refractivity contribution is 5.96. The Morgan fingerprint density at radius 1 is 1.20 bits per heavy atom. The van der Waals surface area contributed by atoms with E-state index < -0.39 is 0 Å². The van der Waals surface area contributed by atoms with Crippen molar-refractivity contribution in [3.63, 3.8) is 0 Å². The Labute approximate surface area is 142 Å². The van der Waals surface area contributed by atoms with Gasteiger partial charge < -0.3 is 5.32 Å². The molecule has 8 heteroatoms. The zero-order chi connectivity index (χ0) is 17.2. The van der Waals surface area contributed by atoms with Crippen molar-refractivity contribution in [2.75, 3.05) is 0 Å². The molecule has 0 radical (unpaired) electrons. The van der Waals surface area contributed by atoms with Gasteiger partial charge in [0.05, 0.1) is 12.1 Å². The molecule has 0 atom stereocenters. The summed E-state index contributed by atoms with van der Waals surface area (Å²) in [6.45, 7) is 2.01. The van der Waals surface area contributed by atoms with Crippen molar-refractivity contribution >= 4 is 17.1 Å². The topological polar surface area (TPSA) is 98.7 Å². The minimum Gasteiger partial charge on any atom is -0.346 e. The number of hydrogen-bond donors (Lipinski definition) is 1. The molecular weight excluding hydrogens is 320 g/mol. The van der Waals surface area contributed by atoms with Gasteiger partial charge in [-0.15, -0.1) is 0 Å². The molecule has 0 aliphatic carbocycles. The van der Waals surface area contributed by atoms with Gasteiger partial charge >= 0.3 is 0 Å². The summed E-state index contributed by atoms with van der Waals surface area (Å²) in [5, 5.41) is 10.2. The van der Waals surface area contributed by atoms with Crippen LogP contribution in [0.25, 0.3) is 16.9 Å². The number of carbonyl (C=O) groups is 1. The molecule has 124 valence electrons. The number of rotatable bonds is 4. The standard InChI is InChI=1S/C17H14N6O2/c1-11-15(22-25-21-11)9-19-17(24)12-7-14-16(18-8-12)23(10-20-14)13-5-3-2-4-6-13/h2-8,10H,9H2,1H3,(H,19,24). The first-order valence-corrected chi connectivity index (χ1v) is 7.67. The number of fused-ring (bicyclic) bond motifs is 1. The van der Waals surface area contributed by atoms with Crippen LogP contribution in [0.5, 0.6) is 0 Å². The maximum absolute atomic E-state index is 12.3. The van der Waals surface area contributed by atoms with Crippen molar-refractivity contribution < 1.29 is 9.42 Å². The van der Waals surface area contributed by atoms with Crippen molar-refractivity contribution in [1.82, 2.24) is 30.2 Å². The Morgan fingerprint density at radius 2 is 2.04 bits per heavy atom. The summed E-state index contributed by atoms with van der Waals surface area (Å²) >= 11 is 0. The van der Waals surface area contributed by atoms with Crippen LogP contribution in [0.3, 0.4) is 0 Å². The molecule has 25 heavy (non-hydrogen) atoms. The summed E-state index contributed by atoms with van der Waals surface area (Å²) in [5.74, 6) is -0.258. The zero-order valence-corrected chi connectivity index (χ0v) is 13.4. The summed E-state index contributed by atoms with van der Waals surface area (Å²) in [6.07, 6.45) is 3.23. The van der Waals surface area contributed by atoms with Gasteiger partial charge in [0.25, 0.3) is 5.91 Å². The summed E-state index contributed by atoms with van der Waals surface area (Å²) in [6, 6.07) is 11.5. The van der Waals surface area contributed by atoms with Crippen molar-refractivity contribution in [3.8, 4) is 5.69 Å². The predicted octanol–water partition coefficient (Wildman–Crippen LogP) is 2.04. The van der Waals surface area contributed by atoms with Crippen molar-refractivity contribution in [3.05, 3.63) is 65.9 Å². The quantitative estimate of drug-likeness (QED) is 0.613. The number of nitrogens with zero attached hydrogens (tertiary/aromatic N) is 5. The van der Waals surface area contributed by atoms with Gasteiger partial charge in [-0.2, -0.15) is 0 Å². The lowest BCUT2D eigenvalue weighted by molar-refractivity contribution is 0.0950. The van der Waals surface area contributed by atoms with E-state index in [0.29, 0.717) is 28.1 Å². The van der Waals surface area contributed by atoms with Gasteiger partial charge in [-0.3, -0.25) is 9.36 Å². The Kier molecular flexibility index (Phi) is 3.70. The van der Waals surface area contributed by atoms with Gasteiger partial charge in [-0.25, -0.2) is 14.6 Å². The van der Waals surface area contributed by atoms with Crippen LogP contribution >= 0.6 is 0 Å². The van der Waals surface area contributed by atoms with Crippen LogP contribution in [0.15, 0.2) is 53.6 Å². The number of pyridine rings is 1. The molecule has 4 rings (SSSR count). The normalized spacial score (nSPS) is 10.9. The Morgan fingerprint density at radius 3 is 2.80 bits per heavy atom. The van der Waals surface area contributed by atoms with E-state index in [2.05, 4.69) is 30.2 Å². The Balaban J connectivity index is 1.57. The van der Waals surface area contributed by atoms with Crippen molar-refractivity contribution in [2.24, 2.45) is 0 Å². The Hall–Kier alpha value is -3.55. The summed E-state index contributed by atoms with van der Waals surface area (Å²) in [4.78, 5) is 21.0.